The van der Waals surface area contributed by atoms with Gasteiger partial charge in [-0.25, -0.2) is 4.79 Å². The van der Waals surface area contributed by atoms with Crippen LogP contribution in [0.3, 0.4) is 0 Å². The molecule has 0 atom stereocenters. The van der Waals surface area contributed by atoms with Gasteiger partial charge in [0.2, 0.25) is 0 Å². The molecule has 0 unspecified atom stereocenters. The quantitative estimate of drug-likeness (QED) is 0.550. The first-order valence-electron chi connectivity index (χ1n) is 7.52. The lowest BCUT2D eigenvalue weighted by atomic mass is 10.0. The van der Waals surface area contributed by atoms with Gasteiger partial charge in [-0.2, -0.15) is 0 Å². The number of unbranched alkanes of at least 4 members (excludes halogenated alkanes) is 3. The second-order valence-electron chi connectivity index (χ2n) is 5.17. The van der Waals surface area contributed by atoms with Crippen molar-refractivity contribution in [1.82, 2.24) is 0 Å². The largest absolute Gasteiger partial charge is 0.513 e. The maximum absolute atomic E-state index is 11.2. The van der Waals surface area contributed by atoms with Gasteiger partial charge in [-0.1, -0.05) is 50.5 Å². The summed E-state index contributed by atoms with van der Waals surface area (Å²) in [4.78, 5) is 11.2. The van der Waals surface area contributed by atoms with Crippen LogP contribution in [0.15, 0.2) is 36.4 Å². The summed E-state index contributed by atoms with van der Waals surface area (Å²) in [6.07, 6.45) is 5.35. The fraction of sp³-hybridized carbons (Fsp3) is 0.389. The fourth-order valence-electron chi connectivity index (χ4n) is 2.48. The van der Waals surface area contributed by atoms with Crippen LogP contribution in [0.4, 0.5) is 4.79 Å². The van der Waals surface area contributed by atoms with E-state index in [9.17, 15) is 4.79 Å². The Morgan fingerprint density at radius 1 is 1.10 bits per heavy atom. The molecule has 0 aliphatic heterocycles. The van der Waals surface area contributed by atoms with Gasteiger partial charge in [0.15, 0.2) is 0 Å². The summed E-state index contributed by atoms with van der Waals surface area (Å²) in [5.74, 6) is 0.512. The molecule has 0 aromatic rings. The van der Waals surface area contributed by atoms with E-state index < -0.39 is 6.16 Å². The Bertz CT molecular complexity index is 563. The van der Waals surface area contributed by atoms with Gasteiger partial charge in [0, 0.05) is 0 Å². The molecule has 21 heavy (non-hydrogen) atoms. The number of hydrogen-bond acceptors (Lipinski definition) is 3. The van der Waals surface area contributed by atoms with Gasteiger partial charge in [-0.3, -0.25) is 0 Å². The number of carbonyl (C=O) groups excluding carboxylic acids is 1. The molecule has 0 aromatic heterocycles. The van der Waals surface area contributed by atoms with E-state index in [2.05, 4.69) is 23.8 Å². The van der Waals surface area contributed by atoms with E-state index in [0.717, 1.165) is 12.0 Å². The van der Waals surface area contributed by atoms with Crippen LogP contribution in [-0.4, -0.2) is 13.3 Å². The van der Waals surface area contributed by atoms with E-state index in [-0.39, 0.29) is 0 Å². The van der Waals surface area contributed by atoms with Crippen LogP contribution in [0, 0.1) is 0 Å². The highest BCUT2D eigenvalue weighted by Gasteiger charge is 2.11. The highest BCUT2D eigenvalue weighted by atomic mass is 16.7. The molecule has 2 aliphatic rings. The van der Waals surface area contributed by atoms with Crippen molar-refractivity contribution in [2.75, 3.05) is 7.11 Å². The number of fused-ring (bicyclic) bond motifs is 1. The molecule has 0 N–H and O–H groups in total. The molecule has 2 rings (SSSR count). The standard InChI is InChI=1S/C18H22O3/c1-3-4-5-6-8-14-11-12-15-9-7-10-16(13-17(14)15)21-18(19)20-2/h7,9-13H,3-6,8H2,1-2H3. The van der Waals surface area contributed by atoms with Crippen molar-refractivity contribution in [2.45, 2.75) is 39.0 Å². The zero-order valence-electron chi connectivity index (χ0n) is 12.7. The molecule has 0 saturated carbocycles. The fourth-order valence-corrected chi connectivity index (χ4v) is 2.48. The maximum atomic E-state index is 11.2. The second kappa shape index (κ2) is 7.67. The smallest absolute Gasteiger partial charge is 0.437 e. The third-order valence-corrected chi connectivity index (χ3v) is 3.61. The van der Waals surface area contributed by atoms with E-state index in [1.807, 2.05) is 18.2 Å². The Labute approximate surface area is 126 Å². The molecule has 0 bridgehead atoms. The number of aryl methyl sites for hydroxylation is 1. The van der Waals surface area contributed by atoms with Gasteiger partial charge < -0.3 is 9.47 Å². The van der Waals surface area contributed by atoms with Crippen molar-refractivity contribution in [3.63, 3.8) is 0 Å². The lowest BCUT2D eigenvalue weighted by Crippen LogP contribution is -2.06. The zero-order valence-corrected chi connectivity index (χ0v) is 12.7. The molecule has 0 fully saturated rings. The summed E-state index contributed by atoms with van der Waals surface area (Å²) in [6.45, 7) is 2.22. The first kappa shape index (κ1) is 15.4. The van der Waals surface area contributed by atoms with Crippen molar-refractivity contribution < 1.29 is 14.3 Å². The van der Waals surface area contributed by atoms with Crippen molar-refractivity contribution in [1.29, 1.82) is 0 Å². The van der Waals surface area contributed by atoms with Crippen LogP contribution in [-0.2, 0) is 11.2 Å². The number of ether oxygens (including phenoxy) is 2. The van der Waals surface area contributed by atoms with Gasteiger partial charge in [-0.05, 0) is 41.7 Å². The molecule has 0 radical (unpaired) electrons. The Morgan fingerprint density at radius 3 is 2.71 bits per heavy atom. The highest BCUT2D eigenvalue weighted by Crippen LogP contribution is 2.31. The molecule has 0 spiro atoms. The predicted octanol–water partition coefficient (Wildman–Crippen LogP) is 5.06. The third kappa shape index (κ3) is 4.22. The summed E-state index contributed by atoms with van der Waals surface area (Å²) in [5.41, 5.74) is 3.63. The first-order chi connectivity index (χ1) is 10.2. The molecule has 3 heteroatoms. The molecule has 0 saturated heterocycles. The van der Waals surface area contributed by atoms with Gasteiger partial charge in [0.1, 0.15) is 5.75 Å². The lowest BCUT2D eigenvalue weighted by molar-refractivity contribution is 0.121. The minimum Gasteiger partial charge on any atom is -0.437 e. The Kier molecular flexibility index (Phi) is 5.61. The van der Waals surface area contributed by atoms with Crippen LogP contribution in [0.5, 0.6) is 5.75 Å². The normalized spacial score (nSPS) is 10.6. The third-order valence-electron chi connectivity index (χ3n) is 3.61. The first-order valence-corrected chi connectivity index (χ1v) is 7.52. The predicted molar refractivity (Wildman–Crippen MR) is 83.9 cm³/mol. The van der Waals surface area contributed by atoms with Crippen LogP contribution in [0.25, 0.3) is 11.1 Å². The second-order valence-corrected chi connectivity index (χ2v) is 5.17. The summed E-state index contributed by atoms with van der Waals surface area (Å²) in [7, 11) is 1.31. The van der Waals surface area contributed by atoms with Crippen molar-refractivity contribution >= 4 is 6.16 Å². The maximum Gasteiger partial charge on any atom is 0.513 e. The monoisotopic (exact) mass is 286 g/mol. The van der Waals surface area contributed by atoms with Gasteiger partial charge >= 0.3 is 6.16 Å². The van der Waals surface area contributed by atoms with Crippen molar-refractivity contribution in [2.24, 2.45) is 0 Å². The number of carbonyl (C=O) groups is 1. The average Bonchev–Trinajstić information content (AvgIpc) is 2.74. The topological polar surface area (TPSA) is 35.5 Å². The van der Waals surface area contributed by atoms with Crippen LogP contribution in [0.2, 0.25) is 0 Å². The van der Waals surface area contributed by atoms with Crippen molar-refractivity contribution in [3.8, 4) is 16.9 Å². The van der Waals surface area contributed by atoms with Crippen LogP contribution >= 0.6 is 0 Å². The van der Waals surface area contributed by atoms with Gasteiger partial charge in [0.05, 0.1) is 7.11 Å². The summed E-state index contributed by atoms with van der Waals surface area (Å²) >= 11 is 0. The zero-order chi connectivity index (χ0) is 15.1. The van der Waals surface area contributed by atoms with Crippen LogP contribution in [0.1, 0.15) is 38.2 Å². The number of methoxy groups -OCH3 is 1. The Morgan fingerprint density at radius 2 is 1.95 bits per heavy atom. The molecule has 3 nitrogen and oxygen atoms in total. The van der Waals surface area contributed by atoms with E-state index in [0.29, 0.717) is 5.75 Å². The van der Waals surface area contributed by atoms with Crippen molar-refractivity contribution in [3.05, 3.63) is 42.0 Å². The van der Waals surface area contributed by atoms with E-state index in [1.165, 1.54) is 43.9 Å². The minimum absolute atomic E-state index is 0.512. The van der Waals surface area contributed by atoms with E-state index in [4.69, 9.17) is 4.74 Å². The molecule has 0 amide bonds. The SMILES string of the molecule is CCCCCCc1ccc2cccc(OC(=O)OC)cc1-2. The Balaban J connectivity index is 2.16. The molecule has 0 heterocycles. The summed E-state index contributed by atoms with van der Waals surface area (Å²) in [6, 6.07) is 11.9. The van der Waals surface area contributed by atoms with Gasteiger partial charge in [-0.15, -0.1) is 0 Å². The molecule has 112 valence electrons. The minimum atomic E-state index is -0.689. The van der Waals surface area contributed by atoms with Gasteiger partial charge in [0.25, 0.3) is 0 Å². The summed E-state index contributed by atoms with van der Waals surface area (Å²) < 4.78 is 9.68. The van der Waals surface area contributed by atoms with E-state index in [1.54, 1.807) is 6.07 Å². The van der Waals surface area contributed by atoms with E-state index >= 15 is 0 Å². The Hall–Kier alpha value is -2.03. The molecular weight excluding hydrogens is 264 g/mol. The van der Waals surface area contributed by atoms with Crippen LogP contribution < -0.4 is 4.74 Å². The molecule has 0 aromatic carbocycles. The lowest BCUT2D eigenvalue weighted by Gasteiger charge is -2.04. The number of rotatable bonds is 6. The molecule has 2 aliphatic carbocycles. The molecular formula is C18H22O3. The highest BCUT2D eigenvalue weighted by molar-refractivity contribution is 5.73. The summed E-state index contributed by atoms with van der Waals surface area (Å²) in [5, 5.41) is 0. The number of hydrogen-bond donors (Lipinski definition) is 0. The average molecular weight is 286 g/mol.